The molecule has 17 heavy (non-hydrogen) atoms. The first-order chi connectivity index (χ1) is 7.94. The van der Waals surface area contributed by atoms with Crippen molar-refractivity contribution in [2.45, 2.75) is 31.9 Å². The molecule has 1 unspecified atom stereocenters. The van der Waals surface area contributed by atoms with Crippen molar-refractivity contribution in [2.24, 2.45) is 5.73 Å². The summed E-state index contributed by atoms with van der Waals surface area (Å²) in [7, 11) is 0. The fourth-order valence-electron chi connectivity index (χ4n) is 1.84. The van der Waals surface area contributed by atoms with E-state index in [9.17, 15) is 4.39 Å². The Labute approximate surface area is 101 Å². The van der Waals surface area contributed by atoms with Gasteiger partial charge in [-0.15, -0.1) is 0 Å². The Morgan fingerprint density at radius 1 is 1.53 bits per heavy atom. The highest BCUT2D eigenvalue weighted by Gasteiger charge is 2.24. The molecule has 1 aromatic carbocycles. The molecule has 0 aliphatic carbocycles. The average Bonchev–Trinajstić information content (AvgIpc) is 2.57. The van der Waals surface area contributed by atoms with E-state index in [0.717, 1.165) is 11.3 Å². The van der Waals surface area contributed by atoms with Gasteiger partial charge in [0.15, 0.2) is 0 Å². The van der Waals surface area contributed by atoms with Gasteiger partial charge in [0, 0.05) is 17.5 Å². The minimum Gasteiger partial charge on any atom is -0.487 e. The molecule has 1 atom stereocenters. The van der Waals surface area contributed by atoms with Crippen LogP contribution in [0.3, 0.4) is 0 Å². The molecule has 2 N–H and O–H groups in total. The molecular formula is C13H18FNO2. The molecule has 0 spiro atoms. The van der Waals surface area contributed by atoms with Gasteiger partial charge < -0.3 is 15.2 Å². The Hall–Kier alpha value is -1.13. The highest BCUT2D eigenvalue weighted by molar-refractivity contribution is 5.37. The molecule has 1 aliphatic rings. The zero-order valence-electron chi connectivity index (χ0n) is 10.2. The summed E-state index contributed by atoms with van der Waals surface area (Å²) < 4.78 is 24.1. The third kappa shape index (κ3) is 3.41. The second kappa shape index (κ2) is 4.63. The van der Waals surface area contributed by atoms with Crippen molar-refractivity contribution in [3.63, 3.8) is 0 Å². The lowest BCUT2D eigenvalue weighted by atomic mass is 10.1. The van der Waals surface area contributed by atoms with Crippen molar-refractivity contribution in [2.75, 3.05) is 13.2 Å². The third-order valence-electron chi connectivity index (χ3n) is 2.54. The quantitative estimate of drug-likeness (QED) is 0.872. The zero-order chi connectivity index (χ0) is 12.5. The van der Waals surface area contributed by atoms with Crippen LogP contribution in [-0.2, 0) is 11.2 Å². The first-order valence-electron chi connectivity index (χ1n) is 5.76. The van der Waals surface area contributed by atoms with Crippen molar-refractivity contribution in [3.8, 4) is 5.75 Å². The molecule has 1 heterocycles. The van der Waals surface area contributed by atoms with Gasteiger partial charge in [-0.05, 0) is 32.0 Å². The number of fused-ring (bicyclic) bond motifs is 1. The van der Waals surface area contributed by atoms with Crippen LogP contribution < -0.4 is 10.5 Å². The summed E-state index contributed by atoms with van der Waals surface area (Å²) in [6, 6.07) is 4.59. The van der Waals surface area contributed by atoms with Crippen LogP contribution in [0.25, 0.3) is 0 Å². The minimum absolute atomic E-state index is 0.0332. The Morgan fingerprint density at radius 2 is 2.29 bits per heavy atom. The smallest absolute Gasteiger partial charge is 0.126 e. The number of rotatable bonds is 4. The van der Waals surface area contributed by atoms with Crippen LogP contribution in [0.15, 0.2) is 18.2 Å². The summed E-state index contributed by atoms with van der Waals surface area (Å²) in [6.45, 7) is 4.79. The van der Waals surface area contributed by atoms with E-state index < -0.39 is 0 Å². The molecule has 0 radical (unpaired) electrons. The first kappa shape index (κ1) is 12.3. The second-order valence-corrected chi connectivity index (χ2v) is 5.20. The second-order valence-electron chi connectivity index (χ2n) is 5.20. The molecule has 0 aromatic heterocycles. The molecule has 0 amide bonds. The van der Waals surface area contributed by atoms with E-state index in [1.807, 2.05) is 13.8 Å². The van der Waals surface area contributed by atoms with Gasteiger partial charge in [0.2, 0.25) is 0 Å². The average molecular weight is 239 g/mol. The summed E-state index contributed by atoms with van der Waals surface area (Å²) in [5.74, 6) is 0.531. The fraction of sp³-hybridized carbons (Fsp3) is 0.538. The van der Waals surface area contributed by atoms with Crippen LogP contribution in [0.1, 0.15) is 19.4 Å². The topological polar surface area (TPSA) is 44.5 Å². The molecule has 0 saturated heterocycles. The Balaban J connectivity index is 1.84. The largest absolute Gasteiger partial charge is 0.487 e. The van der Waals surface area contributed by atoms with Crippen molar-refractivity contribution in [1.82, 2.24) is 0 Å². The van der Waals surface area contributed by atoms with Gasteiger partial charge in [0.05, 0.1) is 13.2 Å². The van der Waals surface area contributed by atoms with E-state index in [1.54, 1.807) is 6.07 Å². The molecule has 94 valence electrons. The maximum atomic E-state index is 13.0. The molecule has 4 heteroatoms. The normalized spacial score (nSPS) is 18.9. The Kier molecular flexibility index (Phi) is 3.35. The monoisotopic (exact) mass is 239 g/mol. The fourth-order valence-corrected chi connectivity index (χ4v) is 1.84. The first-order valence-corrected chi connectivity index (χ1v) is 5.76. The summed E-state index contributed by atoms with van der Waals surface area (Å²) in [4.78, 5) is 0. The lowest BCUT2D eigenvalue weighted by molar-refractivity contribution is 0.0400. The Bertz CT molecular complexity index is 401. The number of benzene rings is 1. The van der Waals surface area contributed by atoms with Crippen molar-refractivity contribution in [1.29, 1.82) is 0 Å². The van der Waals surface area contributed by atoms with E-state index >= 15 is 0 Å². The van der Waals surface area contributed by atoms with Gasteiger partial charge in [-0.25, -0.2) is 4.39 Å². The molecule has 3 nitrogen and oxygen atoms in total. The van der Waals surface area contributed by atoms with Crippen LogP contribution in [0.4, 0.5) is 4.39 Å². The molecular weight excluding hydrogens is 221 g/mol. The zero-order valence-corrected chi connectivity index (χ0v) is 10.2. The van der Waals surface area contributed by atoms with Gasteiger partial charge in [-0.3, -0.25) is 0 Å². The predicted octanol–water partition coefficient (Wildman–Crippen LogP) is 1.88. The van der Waals surface area contributed by atoms with E-state index in [-0.39, 0.29) is 17.5 Å². The van der Waals surface area contributed by atoms with E-state index in [2.05, 4.69) is 0 Å². The van der Waals surface area contributed by atoms with E-state index in [4.69, 9.17) is 15.2 Å². The third-order valence-corrected chi connectivity index (χ3v) is 2.54. The maximum absolute atomic E-state index is 13.0. The van der Waals surface area contributed by atoms with Crippen LogP contribution in [-0.4, -0.2) is 24.9 Å². The van der Waals surface area contributed by atoms with Gasteiger partial charge in [-0.1, -0.05) is 0 Å². The van der Waals surface area contributed by atoms with Crippen LogP contribution >= 0.6 is 0 Å². The highest BCUT2D eigenvalue weighted by Crippen LogP contribution is 2.29. The molecule has 1 aliphatic heterocycles. The SMILES string of the molecule is CC(C)(N)COCC1Cc2cc(F)ccc2O1. The van der Waals surface area contributed by atoms with Crippen LogP contribution in [0.5, 0.6) is 5.75 Å². The van der Waals surface area contributed by atoms with E-state index in [0.29, 0.717) is 19.6 Å². The number of hydrogen-bond donors (Lipinski definition) is 1. The van der Waals surface area contributed by atoms with Crippen molar-refractivity contribution in [3.05, 3.63) is 29.6 Å². The van der Waals surface area contributed by atoms with Gasteiger partial charge in [-0.2, -0.15) is 0 Å². The molecule has 1 aromatic rings. The van der Waals surface area contributed by atoms with Crippen LogP contribution in [0.2, 0.25) is 0 Å². The summed E-state index contributed by atoms with van der Waals surface area (Å²) >= 11 is 0. The Morgan fingerprint density at radius 3 is 3.00 bits per heavy atom. The number of nitrogens with two attached hydrogens (primary N) is 1. The summed E-state index contributed by atoms with van der Waals surface area (Å²) in [5.41, 5.74) is 6.38. The molecule has 0 fully saturated rings. The minimum atomic E-state index is -0.336. The van der Waals surface area contributed by atoms with Gasteiger partial charge >= 0.3 is 0 Å². The van der Waals surface area contributed by atoms with Gasteiger partial charge in [0.25, 0.3) is 0 Å². The highest BCUT2D eigenvalue weighted by atomic mass is 19.1. The van der Waals surface area contributed by atoms with Gasteiger partial charge in [0.1, 0.15) is 17.7 Å². The molecule has 2 rings (SSSR count). The molecule has 0 saturated carbocycles. The number of halogens is 1. The summed E-state index contributed by atoms with van der Waals surface area (Å²) in [5, 5.41) is 0. The standard InChI is InChI=1S/C13H18FNO2/c1-13(2,15)8-16-7-11-6-9-5-10(14)3-4-12(9)17-11/h3-5,11H,6-8,15H2,1-2H3. The molecule has 0 bridgehead atoms. The number of ether oxygens (including phenoxy) is 2. The van der Waals surface area contributed by atoms with E-state index in [1.165, 1.54) is 12.1 Å². The lowest BCUT2D eigenvalue weighted by Crippen LogP contribution is -2.38. The van der Waals surface area contributed by atoms with Crippen LogP contribution in [0, 0.1) is 5.82 Å². The van der Waals surface area contributed by atoms with Crippen molar-refractivity contribution < 1.29 is 13.9 Å². The predicted molar refractivity (Wildman–Crippen MR) is 63.6 cm³/mol. The number of hydrogen-bond acceptors (Lipinski definition) is 3. The maximum Gasteiger partial charge on any atom is 0.126 e. The lowest BCUT2D eigenvalue weighted by Gasteiger charge is -2.19. The van der Waals surface area contributed by atoms with Crippen molar-refractivity contribution >= 4 is 0 Å². The summed E-state index contributed by atoms with van der Waals surface area (Å²) in [6.07, 6.45) is 0.659.